The van der Waals surface area contributed by atoms with Gasteiger partial charge in [0.1, 0.15) is 5.78 Å². The molecule has 0 heterocycles. The highest BCUT2D eigenvalue weighted by Crippen LogP contribution is 1.97. The number of rotatable bonds is 2. The third kappa shape index (κ3) is 6.02. The minimum Gasteiger partial charge on any atom is -0.300 e. The zero-order chi connectivity index (χ0) is 5.86. The molecule has 1 nitrogen and oxygen atoms in total. The van der Waals surface area contributed by atoms with Crippen molar-refractivity contribution in [3.05, 3.63) is 0 Å². The lowest BCUT2D eigenvalue weighted by Gasteiger charge is -1.94. The maximum absolute atomic E-state index is 10.2. The van der Waals surface area contributed by atoms with E-state index in [4.69, 9.17) is 0 Å². The van der Waals surface area contributed by atoms with E-state index in [0.29, 0.717) is 6.42 Å². The zero-order valence-corrected chi connectivity index (χ0v) is 5.53. The van der Waals surface area contributed by atoms with Crippen molar-refractivity contribution in [1.29, 1.82) is 0 Å². The number of thiol groups is 1. The number of ketones is 1. The fourth-order valence-electron chi connectivity index (χ4n) is 0.416. The minimum absolute atomic E-state index is 0.211. The van der Waals surface area contributed by atoms with Crippen molar-refractivity contribution in [3.63, 3.8) is 0 Å². The Kier molecular flexibility index (Phi) is 3.09. The molecule has 1 atom stereocenters. The van der Waals surface area contributed by atoms with Crippen LogP contribution >= 0.6 is 12.6 Å². The van der Waals surface area contributed by atoms with Crippen LogP contribution in [0.25, 0.3) is 0 Å². The van der Waals surface area contributed by atoms with Gasteiger partial charge in [0, 0.05) is 11.7 Å². The van der Waals surface area contributed by atoms with Gasteiger partial charge in [-0.1, -0.05) is 6.92 Å². The van der Waals surface area contributed by atoms with E-state index >= 15 is 0 Å². The van der Waals surface area contributed by atoms with Gasteiger partial charge in [0.25, 0.3) is 0 Å². The van der Waals surface area contributed by atoms with Crippen LogP contribution in [0.3, 0.4) is 0 Å². The normalized spacial score (nSPS) is 13.6. The highest BCUT2D eigenvalue weighted by atomic mass is 32.1. The second-order valence-corrected chi connectivity index (χ2v) is 2.64. The van der Waals surface area contributed by atoms with Gasteiger partial charge in [0.15, 0.2) is 0 Å². The van der Waals surface area contributed by atoms with E-state index in [0.717, 1.165) is 0 Å². The van der Waals surface area contributed by atoms with Crippen molar-refractivity contribution < 1.29 is 4.79 Å². The topological polar surface area (TPSA) is 17.1 Å². The highest BCUT2D eigenvalue weighted by molar-refractivity contribution is 7.80. The first kappa shape index (κ1) is 7.02. The van der Waals surface area contributed by atoms with Gasteiger partial charge in [-0.25, -0.2) is 0 Å². The van der Waals surface area contributed by atoms with E-state index in [1.54, 1.807) is 6.92 Å². The Labute approximate surface area is 49.5 Å². The lowest BCUT2D eigenvalue weighted by atomic mass is 10.2. The predicted octanol–water partition coefficient (Wildman–Crippen LogP) is 1.28. The Morgan fingerprint density at radius 3 is 2.29 bits per heavy atom. The van der Waals surface area contributed by atoms with Crippen LogP contribution < -0.4 is 0 Å². The summed E-state index contributed by atoms with van der Waals surface area (Å²) in [5.41, 5.74) is 0. The van der Waals surface area contributed by atoms with Gasteiger partial charge in [-0.05, 0) is 6.92 Å². The van der Waals surface area contributed by atoms with Gasteiger partial charge in [-0.15, -0.1) is 0 Å². The summed E-state index contributed by atoms with van der Waals surface area (Å²) in [4.78, 5) is 10.2. The van der Waals surface area contributed by atoms with Crippen molar-refractivity contribution in [2.45, 2.75) is 25.5 Å². The van der Waals surface area contributed by atoms with Crippen LogP contribution in [0, 0.1) is 0 Å². The van der Waals surface area contributed by atoms with Crippen LogP contribution in [0.4, 0.5) is 0 Å². The summed E-state index contributed by atoms with van der Waals surface area (Å²) < 4.78 is 0. The summed E-state index contributed by atoms with van der Waals surface area (Å²) in [6.07, 6.45) is 0.586. The number of carbonyl (C=O) groups is 1. The molecule has 0 saturated carbocycles. The largest absolute Gasteiger partial charge is 0.300 e. The molecule has 0 aromatic rings. The van der Waals surface area contributed by atoms with Crippen molar-refractivity contribution in [2.24, 2.45) is 0 Å². The van der Waals surface area contributed by atoms with E-state index in [1.807, 2.05) is 6.92 Å². The Hall–Kier alpha value is 0.0200. The van der Waals surface area contributed by atoms with Gasteiger partial charge in [0.05, 0.1) is 0 Å². The summed E-state index contributed by atoms with van der Waals surface area (Å²) in [5.74, 6) is 0.211. The standard InChI is InChI=1S/C5H10OS/c1-4(6)3-5(2)7/h5,7H,3H2,1-2H3/t5-/m0/s1. The first-order valence-electron chi connectivity index (χ1n) is 2.30. The van der Waals surface area contributed by atoms with Gasteiger partial charge in [0.2, 0.25) is 0 Å². The van der Waals surface area contributed by atoms with Crippen LogP contribution in [-0.4, -0.2) is 11.0 Å². The predicted molar refractivity (Wildman–Crippen MR) is 33.7 cm³/mol. The van der Waals surface area contributed by atoms with Crippen LogP contribution in [0.15, 0.2) is 0 Å². The molecule has 0 aliphatic heterocycles. The number of hydrogen-bond donors (Lipinski definition) is 1. The summed E-state index contributed by atoms with van der Waals surface area (Å²) in [6, 6.07) is 0. The average molecular weight is 118 g/mol. The molecule has 0 aliphatic rings. The molecule has 0 radical (unpaired) electrons. The molecule has 2 heteroatoms. The van der Waals surface area contributed by atoms with Crippen molar-refractivity contribution >= 4 is 18.4 Å². The molecular formula is C5H10OS. The Balaban J connectivity index is 3.13. The third-order valence-electron chi connectivity index (χ3n) is 0.583. The number of hydrogen-bond acceptors (Lipinski definition) is 2. The second-order valence-electron chi connectivity index (χ2n) is 1.76. The fraction of sp³-hybridized carbons (Fsp3) is 0.800. The lowest BCUT2D eigenvalue weighted by molar-refractivity contribution is -0.116. The SMILES string of the molecule is CC(=O)C[C@H](C)S. The summed E-state index contributed by atoms with van der Waals surface area (Å²) in [6.45, 7) is 3.48. The van der Waals surface area contributed by atoms with Crippen molar-refractivity contribution in [3.8, 4) is 0 Å². The third-order valence-corrected chi connectivity index (χ3v) is 0.765. The first-order chi connectivity index (χ1) is 3.13. The maximum atomic E-state index is 10.2. The molecular weight excluding hydrogens is 108 g/mol. The fourth-order valence-corrected chi connectivity index (χ4v) is 0.673. The molecule has 0 N–H and O–H groups in total. The smallest absolute Gasteiger partial charge is 0.130 e. The molecule has 0 fully saturated rings. The molecule has 0 aromatic heterocycles. The van der Waals surface area contributed by atoms with E-state index in [9.17, 15) is 4.79 Å². The molecule has 0 aliphatic carbocycles. The molecule has 42 valence electrons. The zero-order valence-electron chi connectivity index (χ0n) is 4.64. The van der Waals surface area contributed by atoms with Gasteiger partial charge >= 0.3 is 0 Å². The lowest BCUT2D eigenvalue weighted by Crippen LogP contribution is -1.98. The minimum atomic E-state index is 0.211. The Morgan fingerprint density at radius 1 is 1.86 bits per heavy atom. The van der Waals surface area contributed by atoms with Gasteiger partial charge in [-0.3, -0.25) is 4.79 Å². The first-order valence-corrected chi connectivity index (χ1v) is 2.82. The summed E-state index contributed by atoms with van der Waals surface area (Å²) >= 11 is 4.02. The average Bonchev–Trinajstić information content (AvgIpc) is 1.27. The van der Waals surface area contributed by atoms with E-state index in [1.165, 1.54) is 0 Å². The highest BCUT2D eigenvalue weighted by Gasteiger charge is 1.96. The van der Waals surface area contributed by atoms with Crippen molar-refractivity contribution in [1.82, 2.24) is 0 Å². The van der Waals surface area contributed by atoms with E-state index in [-0.39, 0.29) is 11.0 Å². The Morgan fingerprint density at radius 2 is 2.29 bits per heavy atom. The quantitative estimate of drug-likeness (QED) is 0.540. The number of Topliss-reactive ketones (excluding diaryl/α,β-unsaturated/α-hetero) is 1. The maximum Gasteiger partial charge on any atom is 0.130 e. The summed E-state index contributed by atoms with van der Waals surface area (Å²) in [7, 11) is 0. The van der Waals surface area contributed by atoms with Crippen LogP contribution in [0.1, 0.15) is 20.3 Å². The molecule has 0 aromatic carbocycles. The van der Waals surface area contributed by atoms with Crippen molar-refractivity contribution in [2.75, 3.05) is 0 Å². The second kappa shape index (κ2) is 3.08. The molecule has 0 amide bonds. The monoisotopic (exact) mass is 118 g/mol. The van der Waals surface area contributed by atoms with Gasteiger partial charge in [-0.2, -0.15) is 12.6 Å². The van der Waals surface area contributed by atoms with Crippen LogP contribution in [0.2, 0.25) is 0 Å². The molecule has 0 saturated heterocycles. The van der Waals surface area contributed by atoms with E-state index in [2.05, 4.69) is 12.6 Å². The molecule has 0 bridgehead atoms. The Bertz CT molecular complexity index is 68.5. The van der Waals surface area contributed by atoms with Crippen LogP contribution in [-0.2, 0) is 4.79 Å². The molecule has 0 rings (SSSR count). The molecule has 0 unspecified atom stereocenters. The summed E-state index contributed by atoms with van der Waals surface area (Å²) in [5, 5.41) is 0.220. The van der Waals surface area contributed by atoms with Gasteiger partial charge < -0.3 is 0 Å². The molecule has 7 heavy (non-hydrogen) atoms. The molecule has 0 spiro atoms. The van der Waals surface area contributed by atoms with E-state index < -0.39 is 0 Å². The van der Waals surface area contributed by atoms with Crippen LogP contribution in [0.5, 0.6) is 0 Å². The number of carbonyl (C=O) groups excluding carboxylic acids is 1.